The molecule has 3 nitrogen and oxygen atoms in total. The van der Waals surface area contributed by atoms with Crippen LogP contribution in [-0.2, 0) is 4.74 Å². The molecule has 0 aromatic heterocycles. The van der Waals surface area contributed by atoms with Crippen LogP contribution < -0.4 is 0 Å². The van der Waals surface area contributed by atoms with Crippen molar-refractivity contribution in [1.82, 2.24) is 0 Å². The molecule has 3 heteroatoms. The van der Waals surface area contributed by atoms with E-state index < -0.39 is 0 Å². The van der Waals surface area contributed by atoms with Crippen LogP contribution in [-0.4, -0.2) is 12.7 Å². The Morgan fingerprint density at radius 2 is 2.56 bits per heavy atom. The zero-order valence-corrected chi connectivity index (χ0v) is 5.13. The summed E-state index contributed by atoms with van der Waals surface area (Å²) in [4.78, 5) is 0. The van der Waals surface area contributed by atoms with E-state index in [1.54, 1.807) is 0 Å². The van der Waals surface area contributed by atoms with Crippen LogP contribution in [0.15, 0.2) is 5.11 Å². The Labute approximate surface area is 53.9 Å². The van der Waals surface area contributed by atoms with Crippen LogP contribution in [0.2, 0.25) is 0 Å². The van der Waals surface area contributed by atoms with Crippen LogP contribution in [0.3, 0.4) is 0 Å². The van der Waals surface area contributed by atoms with Gasteiger partial charge in [-0.3, -0.25) is 0 Å². The molecule has 1 N–H and O–H groups in total. The molecule has 0 aromatic carbocycles. The molecule has 2 rings (SSSR count). The van der Waals surface area contributed by atoms with Gasteiger partial charge in [-0.25, -0.2) is 5.53 Å². The van der Waals surface area contributed by atoms with Crippen molar-refractivity contribution in [2.45, 2.75) is 18.9 Å². The highest BCUT2D eigenvalue weighted by Crippen LogP contribution is 2.41. The number of nitrogens with zero attached hydrogens (tertiary/aromatic N) is 1. The minimum Gasteiger partial charge on any atom is -0.378 e. The van der Waals surface area contributed by atoms with E-state index in [2.05, 4.69) is 5.11 Å². The van der Waals surface area contributed by atoms with Crippen molar-refractivity contribution >= 4 is 0 Å². The average molecular weight is 125 g/mol. The maximum atomic E-state index is 6.79. The number of nitrogens with one attached hydrogen (secondary N) is 1. The van der Waals surface area contributed by atoms with Gasteiger partial charge in [-0.05, 0) is 6.42 Å². The maximum Gasteiger partial charge on any atom is 0.116 e. The predicted molar refractivity (Wildman–Crippen MR) is 30.9 cm³/mol. The molecule has 2 aliphatic rings. The molecule has 1 aliphatic heterocycles. The first-order valence-electron chi connectivity index (χ1n) is 3.25. The van der Waals surface area contributed by atoms with E-state index in [9.17, 15) is 0 Å². The molecule has 2 fully saturated rings. The Morgan fingerprint density at radius 3 is 2.89 bits per heavy atom. The predicted octanol–water partition coefficient (Wildman–Crippen LogP) is 1.36. The molecule has 0 aromatic rings. The highest BCUT2D eigenvalue weighted by molar-refractivity contribution is 5.05. The molecule has 2 atom stereocenters. The minimum atomic E-state index is 0.402. The summed E-state index contributed by atoms with van der Waals surface area (Å²) in [5, 5.41) is 3.46. The fourth-order valence-corrected chi connectivity index (χ4v) is 1.62. The molecular weight excluding hydrogens is 116 g/mol. The third-order valence-corrected chi connectivity index (χ3v) is 2.13. The fraction of sp³-hybridized carbons (Fsp3) is 0.833. The molecule has 0 spiro atoms. The fourth-order valence-electron chi connectivity index (χ4n) is 1.62. The highest BCUT2D eigenvalue weighted by Gasteiger charge is 2.41. The van der Waals surface area contributed by atoms with Crippen LogP contribution in [0.25, 0.3) is 0 Å². The Morgan fingerprint density at radius 1 is 1.67 bits per heavy atom. The van der Waals surface area contributed by atoms with Gasteiger partial charge in [0.05, 0.1) is 12.7 Å². The lowest BCUT2D eigenvalue weighted by Crippen LogP contribution is -2.13. The Balaban J connectivity index is 2.09. The third-order valence-electron chi connectivity index (χ3n) is 2.13. The first-order chi connectivity index (χ1) is 4.40. The summed E-state index contributed by atoms with van der Waals surface area (Å²) in [6.07, 6.45) is 2.42. The zero-order chi connectivity index (χ0) is 6.27. The van der Waals surface area contributed by atoms with Crippen molar-refractivity contribution in [3.05, 3.63) is 6.04 Å². The van der Waals surface area contributed by atoms with Gasteiger partial charge >= 0.3 is 0 Å². The molecule has 1 heterocycles. The SMILES string of the molecule is N=N[C]1CC2CC1CO2. The first kappa shape index (κ1) is 5.35. The third kappa shape index (κ3) is 0.678. The van der Waals surface area contributed by atoms with Gasteiger partial charge in [0.2, 0.25) is 0 Å². The van der Waals surface area contributed by atoms with Crippen molar-refractivity contribution in [3.8, 4) is 0 Å². The lowest BCUT2D eigenvalue weighted by molar-refractivity contribution is 0.0842. The lowest BCUT2D eigenvalue weighted by atomic mass is 10.1. The first-order valence-corrected chi connectivity index (χ1v) is 3.25. The second kappa shape index (κ2) is 1.77. The quantitative estimate of drug-likeness (QED) is 0.528. The summed E-state index contributed by atoms with van der Waals surface area (Å²) >= 11 is 0. The van der Waals surface area contributed by atoms with Crippen molar-refractivity contribution < 1.29 is 4.74 Å². The van der Waals surface area contributed by atoms with Crippen LogP contribution >= 0.6 is 0 Å². The molecule has 1 saturated heterocycles. The number of ether oxygens (including phenoxy) is 1. The second-order valence-electron chi connectivity index (χ2n) is 2.70. The van der Waals surface area contributed by atoms with Crippen LogP contribution in [0, 0.1) is 17.5 Å². The highest BCUT2D eigenvalue weighted by atomic mass is 16.5. The van der Waals surface area contributed by atoms with E-state index >= 15 is 0 Å². The Bertz CT molecular complexity index is 137. The van der Waals surface area contributed by atoms with Gasteiger partial charge in [-0.2, -0.15) is 5.11 Å². The summed E-state index contributed by atoms with van der Waals surface area (Å²) in [5.41, 5.74) is 6.79. The topological polar surface area (TPSA) is 45.4 Å². The zero-order valence-electron chi connectivity index (χ0n) is 5.13. The van der Waals surface area contributed by atoms with E-state index in [0.29, 0.717) is 12.0 Å². The molecule has 2 bridgehead atoms. The number of fused-ring (bicyclic) bond motifs is 2. The number of rotatable bonds is 1. The summed E-state index contributed by atoms with van der Waals surface area (Å²) < 4.78 is 5.32. The van der Waals surface area contributed by atoms with Gasteiger partial charge in [0.1, 0.15) is 6.04 Å². The molecule has 2 unspecified atom stereocenters. The van der Waals surface area contributed by atoms with Crippen LogP contribution in [0.4, 0.5) is 0 Å². The maximum absolute atomic E-state index is 6.79. The summed E-state index contributed by atoms with van der Waals surface area (Å²) in [5.74, 6) is 0.493. The van der Waals surface area contributed by atoms with Crippen LogP contribution in [0.1, 0.15) is 12.8 Å². The summed E-state index contributed by atoms with van der Waals surface area (Å²) in [6.45, 7) is 0.808. The van der Waals surface area contributed by atoms with E-state index in [0.717, 1.165) is 25.5 Å². The van der Waals surface area contributed by atoms with Crippen LogP contribution in [0.5, 0.6) is 0 Å². The average Bonchev–Trinajstić information content (AvgIpc) is 2.45. The molecule has 9 heavy (non-hydrogen) atoms. The number of hydrogen-bond acceptors (Lipinski definition) is 3. The molecule has 1 aliphatic carbocycles. The van der Waals surface area contributed by atoms with Gasteiger partial charge in [-0.1, -0.05) is 0 Å². The molecule has 1 radical (unpaired) electrons. The van der Waals surface area contributed by atoms with Crippen molar-refractivity contribution in [1.29, 1.82) is 5.53 Å². The van der Waals surface area contributed by atoms with E-state index in [1.165, 1.54) is 0 Å². The number of hydrogen-bond donors (Lipinski definition) is 1. The van der Waals surface area contributed by atoms with Crippen molar-refractivity contribution in [2.75, 3.05) is 6.61 Å². The normalized spacial score (nSPS) is 41.8. The molecule has 1 saturated carbocycles. The van der Waals surface area contributed by atoms with Gasteiger partial charge < -0.3 is 4.74 Å². The molecule has 49 valence electrons. The second-order valence-corrected chi connectivity index (χ2v) is 2.70. The largest absolute Gasteiger partial charge is 0.378 e. The summed E-state index contributed by atoms with van der Waals surface area (Å²) in [6, 6.07) is 1.05. The lowest BCUT2D eigenvalue weighted by Gasteiger charge is -2.14. The van der Waals surface area contributed by atoms with Gasteiger partial charge in [0.15, 0.2) is 0 Å². The molecular formula is C6H9N2O. The monoisotopic (exact) mass is 125 g/mol. The van der Waals surface area contributed by atoms with Gasteiger partial charge in [-0.15, -0.1) is 0 Å². The van der Waals surface area contributed by atoms with E-state index in [4.69, 9.17) is 10.3 Å². The smallest absolute Gasteiger partial charge is 0.116 e. The minimum absolute atomic E-state index is 0.402. The van der Waals surface area contributed by atoms with E-state index in [1.807, 2.05) is 0 Å². The Kier molecular flexibility index (Phi) is 1.05. The summed E-state index contributed by atoms with van der Waals surface area (Å²) in [7, 11) is 0. The van der Waals surface area contributed by atoms with Gasteiger partial charge in [0, 0.05) is 12.3 Å². The Hall–Kier alpha value is -0.440. The standard InChI is InChI=1S/C6H9N2O/c7-8-6-2-5-1-4(6)3-9-5/h4-5,7H,1-3H2. The van der Waals surface area contributed by atoms with Crippen molar-refractivity contribution in [2.24, 2.45) is 11.0 Å². The van der Waals surface area contributed by atoms with E-state index in [-0.39, 0.29) is 0 Å². The van der Waals surface area contributed by atoms with Crippen molar-refractivity contribution in [3.63, 3.8) is 0 Å². The molecule has 0 amide bonds. The van der Waals surface area contributed by atoms with Gasteiger partial charge in [0.25, 0.3) is 0 Å².